The van der Waals surface area contributed by atoms with Gasteiger partial charge in [0.1, 0.15) is 10.8 Å². The van der Waals surface area contributed by atoms with Gasteiger partial charge in [0.2, 0.25) is 0 Å². The summed E-state index contributed by atoms with van der Waals surface area (Å²) in [6.07, 6.45) is 1.59. The van der Waals surface area contributed by atoms with Crippen molar-refractivity contribution in [2.24, 2.45) is 0 Å². The number of benzene rings is 1. The maximum atomic E-state index is 12.6. The van der Waals surface area contributed by atoms with Gasteiger partial charge >= 0.3 is 0 Å². The lowest BCUT2D eigenvalue weighted by atomic mass is 10.2. The summed E-state index contributed by atoms with van der Waals surface area (Å²) in [6.45, 7) is 4.09. The highest BCUT2D eigenvalue weighted by atomic mass is 32.1. The van der Waals surface area contributed by atoms with E-state index in [2.05, 4.69) is 15.0 Å². The van der Waals surface area contributed by atoms with Crippen LogP contribution in [-0.4, -0.2) is 32.8 Å². The molecule has 2 heterocycles. The van der Waals surface area contributed by atoms with Gasteiger partial charge in [-0.3, -0.25) is 4.79 Å². The van der Waals surface area contributed by atoms with Crippen molar-refractivity contribution in [1.82, 2.24) is 19.9 Å². The number of hydrogen-bond acceptors (Lipinski definition) is 5. The number of nitrogens with zero attached hydrogens (tertiary/aromatic N) is 4. The molecule has 1 aromatic carbocycles. The quantitative estimate of drug-likeness (QED) is 0.731. The molecule has 0 aliphatic carbocycles. The molecule has 0 aliphatic heterocycles. The zero-order chi connectivity index (χ0) is 17.1. The normalized spacial score (nSPS) is 10.6. The van der Waals surface area contributed by atoms with E-state index in [1.807, 2.05) is 49.6 Å². The number of carbonyl (C=O) groups is 1. The van der Waals surface area contributed by atoms with Crippen molar-refractivity contribution in [2.45, 2.75) is 20.4 Å². The third-order valence-electron chi connectivity index (χ3n) is 3.65. The molecule has 24 heavy (non-hydrogen) atoms. The lowest BCUT2D eigenvalue weighted by Gasteiger charge is -2.16. The molecule has 0 atom stereocenters. The molecule has 0 fully saturated rings. The Kier molecular flexibility index (Phi) is 4.66. The summed E-state index contributed by atoms with van der Waals surface area (Å²) < 4.78 is 0. The summed E-state index contributed by atoms with van der Waals surface area (Å²) in [6, 6.07) is 10.0. The standard InChI is InChI=1S/C18H18N4OS/c1-12-16(9-19-13(2)20-12)18(23)22(3)10-15-11-24-17(21-15)14-7-5-4-6-8-14/h4-9,11H,10H2,1-3H3. The van der Waals surface area contributed by atoms with Crippen LogP contribution in [0.4, 0.5) is 0 Å². The summed E-state index contributed by atoms with van der Waals surface area (Å²) in [7, 11) is 1.77. The number of aryl methyl sites for hydroxylation is 2. The molecule has 3 aromatic rings. The van der Waals surface area contributed by atoms with Crippen LogP contribution >= 0.6 is 11.3 Å². The maximum Gasteiger partial charge on any atom is 0.257 e. The molecule has 0 saturated carbocycles. The van der Waals surface area contributed by atoms with Gasteiger partial charge in [0.15, 0.2) is 0 Å². The molecule has 0 N–H and O–H groups in total. The van der Waals surface area contributed by atoms with Gasteiger partial charge < -0.3 is 4.90 Å². The Morgan fingerprint density at radius 2 is 1.92 bits per heavy atom. The molecule has 6 heteroatoms. The van der Waals surface area contributed by atoms with Crippen LogP contribution in [0.3, 0.4) is 0 Å². The largest absolute Gasteiger partial charge is 0.336 e. The van der Waals surface area contributed by atoms with Crippen molar-refractivity contribution < 1.29 is 4.79 Å². The predicted octanol–water partition coefficient (Wildman–Crippen LogP) is 3.49. The van der Waals surface area contributed by atoms with Gasteiger partial charge in [-0.1, -0.05) is 30.3 Å². The van der Waals surface area contributed by atoms with E-state index in [-0.39, 0.29) is 5.91 Å². The van der Waals surface area contributed by atoms with Gasteiger partial charge in [-0.25, -0.2) is 15.0 Å². The lowest BCUT2D eigenvalue weighted by molar-refractivity contribution is 0.0782. The zero-order valence-corrected chi connectivity index (χ0v) is 14.7. The fourth-order valence-electron chi connectivity index (χ4n) is 2.41. The molecule has 3 rings (SSSR count). The summed E-state index contributed by atoms with van der Waals surface area (Å²) in [5, 5.41) is 2.95. The number of hydrogen-bond donors (Lipinski definition) is 0. The van der Waals surface area contributed by atoms with E-state index in [1.54, 1.807) is 29.5 Å². The van der Waals surface area contributed by atoms with E-state index in [4.69, 9.17) is 0 Å². The fourth-order valence-corrected chi connectivity index (χ4v) is 3.22. The lowest BCUT2D eigenvalue weighted by Crippen LogP contribution is -2.27. The van der Waals surface area contributed by atoms with Crippen LogP contribution in [-0.2, 0) is 6.54 Å². The second-order valence-corrected chi connectivity index (χ2v) is 6.45. The van der Waals surface area contributed by atoms with Gasteiger partial charge in [0, 0.05) is 24.2 Å². The van der Waals surface area contributed by atoms with E-state index in [0.717, 1.165) is 16.3 Å². The monoisotopic (exact) mass is 338 g/mol. The van der Waals surface area contributed by atoms with Crippen molar-refractivity contribution in [2.75, 3.05) is 7.05 Å². The molecule has 0 bridgehead atoms. The number of thiazole rings is 1. The van der Waals surface area contributed by atoms with E-state index in [0.29, 0.717) is 23.6 Å². The molecule has 122 valence electrons. The van der Waals surface area contributed by atoms with E-state index in [9.17, 15) is 4.79 Å². The Morgan fingerprint density at radius 1 is 1.17 bits per heavy atom. The highest BCUT2D eigenvalue weighted by Gasteiger charge is 2.17. The average Bonchev–Trinajstić information content (AvgIpc) is 3.03. The highest BCUT2D eigenvalue weighted by molar-refractivity contribution is 7.13. The molecule has 0 radical (unpaired) electrons. The molecule has 0 spiro atoms. The second-order valence-electron chi connectivity index (χ2n) is 5.59. The SMILES string of the molecule is Cc1ncc(C(=O)N(C)Cc2csc(-c3ccccc3)n2)c(C)n1. The van der Waals surface area contributed by atoms with Gasteiger partial charge in [-0.15, -0.1) is 11.3 Å². The third kappa shape index (κ3) is 3.49. The van der Waals surface area contributed by atoms with Crippen LogP contribution in [0.25, 0.3) is 10.6 Å². The Balaban J connectivity index is 1.74. The van der Waals surface area contributed by atoms with Gasteiger partial charge in [0.25, 0.3) is 5.91 Å². The minimum absolute atomic E-state index is 0.0956. The van der Waals surface area contributed by atoms with Crippen molar-refractivity contribution >= 4 is 17.2 Å². The van der Waals surface area contributed by atoms with Crippen molar-refractivity contribution in [3.8, 4) is 10.6 Å². The summed E-state index contributed by atoms with van der Waals surface area (Å²) in [4.78, 5) is 27.2. The molecular formula is C18H18N4OS. The molecule has 5 nitrogen and oxygen atoms in total. The van der Waals surface area contributed by atoms with Crippen LogP contribution < -0.4 is 0 Å². The number of carbonyl (C=O) groups excluding carboxylic acids is 1. The first-order valence-electron chi connectivity index (χ1n) is 7.60. The number of amides is 1. The molecular weight excluding hydrogens is 320 g/mol. The van der Waals surface area contributed by atoms with E-state index >= 15 is 0 Å². The number of rotatable bonds is 4. The smallest absolute Gasteiger partial charge is 0.257 e. The van der Waals surface area contributed by atoms with Gasteiger partial charge in [-0.05, 0) is 13.8 Å². The molecule has 1 amide bonds. The second kappa shape index (κ2) is 6.88. The Hall–Kier alpha value is -2.60. The molecule has 0 aliphatic rings. The Bertz CT molecular complexity index is 860. The number of aromatic nitrogens is 3. The predicted molar refractivity (Wildman–Crippen MR) is 94.9 cm³/mol. The molecule has 0 unspecified atom stereocenters. The highest BCUT2D eigenvalue weighted by Crippen LogP contribution is 2.24. The summed E-state index contributed by atoms with van der Waals surface area (Å²) >= 11 is 1.58. The van der Waals surface area contributed by atoms with Crippen LogP contribution in [0.1, 0.15) is 27.6 Å². The van der Waals surface area contributed by atoms with Crippen LogP contribution in [0, 0.1) is 13.8 Å². The third-order valence-corrected chi connectivity index (χ3v) is 4.59. The van der Waals surface area contributed by atoms with Crippen LogP contribution in [0.2, 0.25) is 0 Å². The first-order chi connectivity index (χ1) is 11.5. The fraction of sp³-hybridized carbons (Fsp3) is 0.222. The first kappa shape index (κ1) is 16.3. The van der Waals surface area contributed by atoms with E-state index in [1.165, 1.54) is 0 Å². The summed E-state index contributed by atoms with van der Waals surface area (Å²) in [5.74, 6) is 0.570. The zero-order valence-electron chi connectivity index (χ0n) is 13.9. The minimum atomic E-state index is -0.0956. The van der Waals surface area contributed by atoms with Gasteiger partial charge in [0.05, 0.1) is 23.5 Å². The van der Waals surface area contributed by atoms with Gasteiger partial charge in [-0.2, -0.15) is 0 Å². The van der Waals surface area contributed by atoms with Crippen molar-refractivity contribution in [3.05, 3.63) is 64.7 Å². The topological polar surface area (TPSA) is 59.0 Å². The maximum absolute atomic E-state index is 12.6. The Morgan fingerprint density at radius 3 is 2.62 bits per heavy atom. The van der Waals surface area contributed by atoms with Crippen LogP contribution in [0.5, 0.6) is 0 Å². The Labute approximate surface area is 145 Å². The van der Waals surface area contributed by atoms with Crippen molar-refractivity contribution in [3.63, 3.8) is 0 Å². The minimum Gasteiger partial charge on any atom is -0.336 e. The van der Waals surface area contributed by atoms with E-state index < -0.39 is 0 Å². The van der Waals surface area contributed by atoms with Crippen molar-refractivity contribution in [1.29, 1.82) is 0 Å². The summed E-state index contributed by atoms with van der Waals surface area (Å²) in [5.41, 5.74) is 3.19. The molecule has 2 aromatic heterocycles. The molecule has 0 saturated heterocycles. The average molecular weight is 338 g/mol. The first-order valence-corrected chi connectivity index (χ1v) is 8.48. The van der Waals surface area contributed by atoms with Crippen LogP contribution in [0.15, 0.2) is 41.9 Å².